The molecular formula is C25H31N3OS. The van der Waals surface area contributed by atoms with Crippen LogP contribution in [0.25, 0.3) is 21.3 Å². The third-order valence-electron chi connectivity index (χ3n) is 6.90. The first kappa shape index (κ1) is 20.0. The van der Waals surface area contributed by atoms with E-state index < -0.39 is 0 Å². The van der Waals surface area contributed by atoms with Gasteiger partial charge in [-0.15, -0.1) is 11.3 Å². The summed E-state index contributed by atoms with van der Waals surface area (Å²) in [4.78, 5) is 22.1. The molecule has 0 amide bonds. The lowest BCUT2D eigenvalue weighted by Crippen LogP contribution is -2.37. The number of fused-ring (bicyclic) bond motifs is 2. The van der Waals surface area contributed by atoms with Crippen molar-refractivity contribution in [3.8, 4) is 11.1 Å². The van der Waals surface area contributed by atoms with Crippen molar-refractivity contribution < 1.29 is 0 Å². The molecule has 4 nitrogen and oxygen atoms in total. The number of rotatable bonds is 4. The molecule has 0 spiro atoms. The lowest BCUT2D eigenvalue weighted by molar-refractivity contribution is 0.215. The Labute approximate surface area is 182 Å². The predicted molar refractivity (Wildman–Crippen MR) is 126 cm³/mol. The number of likely N-dealkylation sites (tertiary alicyclic amines) is 1. The Balaban J connectivity index is 1.65. The quantitative estimate of drug-likeness (QED) is 0.579. The molecule has 0 saturated carbocycles. The van der Waals surface area contributed by atoms with Gasteiger partial charge in [0.1, 0.15) is 10.7 Å². The minimum atomic E-state index is 0.173. The maximum Gasteiger partial charge on any atom is 0.263 e. The van der Waals surface area contributed by atoms with Gasteiger partial charge in [-0.2, -0.15) is 0 Å². The molecule has 3 aromatic rings. The number of aromatic nitrogens is 2. The van der Waals surface area contributed by atoms with Crippen LogP contribution >= 0.6 is 11.3 Å². The molecule has 5 heteroatoms. The minimum absolute atomic E-state index is 0.173. The number of hydrogen-bond acceptors (Lipinski definition) is 4. The summed E-state index contributed by atoms with van der Waals surface area (Å²) in [6.07, 6.45) is 8.83. The molecular weight excluding hydrogens is 390 g/mol. The van der Waals surface area contributed by atoms with Gasteiger partial charge in [-0.3, -0.25) is 9.36 Å². The second kappa shape index (κ2) is 8.27. The van der Waals surface area contributed by atoms with Gasteiger partial charge in [-0.25, -0.2) is 4.98 Å². The van der Waals surface area contributed by atoms with Crippen LogP contribution in [-0.4, -0.2) is 34.6 Å². The molecule has 0 N–H and O–H groups in total. The first-order valence-corrected chi connectivity index (χ1v) is 12.4. The summed E-state index contributed by atoms with van der Waals surface area (Å²) in [5, 5.41) is 2.98. The second-order valence-corrected chi connectivity index (χ2v) is 9.87. The summed E-state index contributed by atoms with van der Waals surface area (Å²) in [5.74, 6) is 0.975. The van der Waals surface area contributed by atoms with Crippen LogP contribution in [0.4, 0.5) is 0 Å². The van der Waals surface area contributed by atoms with Gasteiger partial charge in [0, 0.05) is 23.4 Å². The molecule has 1 saturated heterocycles. The van der Waals surface area contributed by atoms with Crippen LogP contribution in [0, 0.1) is 0 Å². The van der Waals surface area contributed by atoms with Crippen molar-refractivity contribution in [1.29, 1.82) is 0 Å². The topological polar surface area (TPSA) is 38.1 Å². The Morgan fingerprint density at radius 3 is 2.67 bits per heavy atom. The molecule has 1 aliphatic carbocycles. The van der Waals surface area contributed by atoms with Crippen molar-refractivity contribution in [2.45, 2.75) is 64.3 Å². The number of piperidine rings is 1. The first-order chi connectivity index (χ1) is 14.7. The fourth-order valence-corrected chi connectivity index (χ4v) is 6.15. The fourth-order valence-electron chi connectivity index (χ4n) is 5.19. The van der Waals surface area contributed by atoms with Gasteiger partial charge in [0.15, 0.2) is 0 Å². The summed E-state index contributed by atoms with van der Waals surface area (Å²) >= 11 is 1.62. The first-order valence-electron chi connectivity index (χ1n) is 11.5. The molecule has 0 atom stereocenters. The van der Waals surface area contributed by atoms with Crippen LogP contribution in [0.5, 0.6) is 0 Å². The smallest absolute Gasteiger partial charge is 0.263 e. The van der Waals surface area contributed by atoms with Crippen LogP contribution in [0.15, 0.2) is 28.4 Å². The van der Waals surface area contributed by atoms with E-state index in [1.807, 2.05) is 0 Å². The summed E-state index contributed by atoms with van der Waals surface area (Å²) in [7, 11) is 2.17. The van der Waals surface area contributed by atoms with Crippen molar-refractivity contribution in [2.75, 3.05) is 20.1 Å². The van der Waals surface area contributed by atoms with Crippen LogP contribution < -0.4 is 5.56 Å². The van der Waals surface area contributed by atoms with Gasteiger partial charge in [0.2, 0.25) is 0 Å². The van der Waals surface area contributed by atoms with Crippen molar-refractivity contribution in [2.24, 2.45) is 0 Å². The fraction of sp³-hybridized carbons (Fsp3) is 0.520. The van der Waals surface area contributed by atoms with Crippen LogP contribution in [0.3, 0.4) is 0 Å². The summed E-state index contributed by atoms with van der Waals surface area (Å²) in [6.45, 7) is 4.26. The second-order valence-electron chi connectivity index (χ2n) is 9.01. The van der Waals surface area contributed by atoms with Crippen molar-refractivity contribution in [1.82, 2.24) is 14.5 Å². The van der Waals surface area contributed by atoms with E-state index in [1.165, 1.54) is 36.0 Å². The Bertz CT molecular complexity index is 1120. The number of nitrogens with zero attached hydrogens (tertiary/aromatic N) is 3. The average molecular weight is 422 g/mol. The maximum absolute atomic E-state index is 13.9. The van der Waals surface area contributed by atoms with Crippen molar-refractivity contribution in [3.63, 3.8) is 0 Å². The Hall–Kier alpha value is -1.98. The summed E-state index contributed by atoms with van der Waals surface area (Å²) in [5.41, 5.74) is 5.37. The average Bonchev–Trinajstić information content (AvgIpc) is 3.19. The molecule has 30 heavy (non-hydrogen) atoms. The number of thiophene rings is 1. The summed E-state index contributed by atoms with van der Waals surface area (Å²) in [6, 6.07) is 7.09. The van der Waals surface area contributed by atoms with Gasteiger partial charge >= 0.3 is 0 Å². The third-order valence-corrected chi connectivity index (χ3v) is 7.77. The predicted octanol–water partition coefficient (Wildman–Crippen LogP) is 5.22. The summed E-state index contributed by atoms with van der Waals surface area (Å²) < 4.78 is 2.06. The SMILES string of the molecule is CCCc1nc2scc(-c3ccc4c(c3)CCCC4)c2c(=O)n1C1CCN(C)CC1. The van der Waals surface area contributed by atoms with Crippen LogP contribution in [-0.2, 0) is 19.3 Å². The number of hydrogen-bond donors (Lipinski definition) is 0. The zero-order chi connectivity index (χ0) is 20.7. The van der Waals surface area contributed by atoms with E-state index in [9.17, 15) is 4.79 Å². The van der Waals surface area contributed by atoms with Crippen LogP contribution in [0.1, 0.15) is 62.0 Å². The van der Waals surface area contributed by atoms with E-state index in [2.05, 4.69) is 47.0 Å². The molecule has 0 radical (unpaired) electrons. The molecule has 2 aliphatic rings. The molecule has 5 rings (SSSR count). The van der Waals surface area contributed by atoms with Gasteiger partial charge in [-0.1, -0.05) is 25.1 Å². The number of benzene rings is 1. The Morgan fingerprint density at radius 1 is 1.13 bits per heavy atom. The zero-order valence-corrected chi connectivity index (χ0v) is 18.9. The van der Waals surface area contributed by atoms with Gasteiger partial charge in [-0.05, 0) is 81.8 Å². The maximum atomic E-state index is 13.9. The zero-order valence-electron chi connectivity index (χ0n) is 18.1. The van der Waals surface area contributed by atoms with Gasteiger partial charge in [0.05, 0.1) is 5.39 Å². The van der Waals surface area contributed by atoms with E-state index in [0.717, 1.165) is 66.8 Å². The highest BCUT2D eigenvalue weighted by Crippen LogP contribution is 2.34. The molecule has 1 fully saturated rings. The molecule has 1 aliphatic heterocycles. The highest BCUT2D eigenvalue weighted by Gasteiger charge is 2.25. The van der Waals surface area contributed by atoms with Crippen molar-refractivity contribution in [3.05, 3.63) is 50.9 Å². The largest absolute Gasteiger partial charge is 0.306 e. The Morgan fingerprint density at radius 2 is 1.90 bits per heavy atom. The molecule has 1 aromatic carbocycles. The van der Waals surface area contributed by atoms with E-state index in [4.69, 9.17) is 4.98 Å². The minimum Gasteiger partial charge on any atom is -0.306 e. The highest BCUT2D eigenvalue weighted by molar-refractivity contribution is 7.17. The standard InChI is InChI=1S/C25H31N3OS/c1-3-6-22-26-24-23(25(29)28(22)20-11-13-27(2)14-12-20)21(16-30-24)19-10-9-17-7-4-5-8-18(17)15-19/h9-10,15-16,20H,3-8,11-14H2,1-2H3. The van der Waals surface area contributed by atoms with E-state index >= 15 is 0 Å². The lowest BCUT2D eigenvalue weighted by atomic mass is 9.89. The lowest BCUT2D eigenvalue weighted by Gasteiger charge is -2.31. The van der Waals surface area contributed by atoms with Gasteiger partial charge in [0.25, 0.3) is 5.56 Å². The molecule has 0 bridgehead atoms. The molecule has 0 unspecified atom stereocenters. The Kier molecular flexibility index (Phi) is 5.50. The van der Waals surface area contributed by atoms with Crippen molar-refractivity contribution >= 4 is 21.6 Å². The third kappa shape index (κ3) is 3.52. The normalized spacial score (nSPS) is 18.1. The molecule has 3 heterocycles. The molecule has 158 valence electrons. The van der Waals surface area contributed by atoms with Crippen LogP contribution in [0.2, 0.25) is 0 Å². The van der Waals surface area contributed by atoms with E-state index in [0.29, 0.717) is 0 Å². The number of aryl methyl sites for hydroxylation is 3. The van der Waals surface area contributed by atoms with E-state index in [1.54, 1.807) is 11.3 Å². The monoisotopic (exact) mass is 421 g/mol. The molecule has 2 aromatic heterocycles. The highest BCUT2D eigenvalue weighted by atomic mass is 32.1. The van der Waals surface area contributed by atoms with Gasteiger partial charge < -0.3 is 4.90 Å². The van der Waals surface area contributed by atoms with E-state index in [-0.39, 0.29) is 11.6 Å².